The Hall–Kier alpha value is -3.28. The highest BCUT2D eigenvalue weighted by atomic mass is 16.7. The molecule has 0 saturated carbocycles. The van der Waals surface area contributed by atoms with Crippen molar-refractivity contribution in [3.8, 4) is 17.4 Å². The molecule has 0 unspecified atom stereocenters. The number of para-hydroxylation sites is 1. The van der Waals surface area contributed by atoms with Gasteiger partial charge in [-0.25, -0.2) is 9.78 Å². The molecule has 0 spiro atoms. The number of nitrogens with zero attached hydrogens (tertiary/aromatic N) is 2. The van der Waals surface area contributed by atoms with Crippen LogP contribution < -0.4 is 14.2 Å². The van der Waals surface area contributed by atoms with E-state index in [-0.39, 0.29) is 12.9 Å². The molecule has 0 fully saturated rings. The van der Waals surface area contributed by atoms with Crippen LogP contribution in [0.2, 0.25) is 0 Å². The second-order valence-corrected chi connectivity index (χ2v) is 6.71. The minimum atomic E-state index is -0.388. The van der Waals surface area contributed by atoms with Crippen molar-refractivity contribution in [2.45, 2.75) is 26.4 Å². The van der Waals surface area contributed by atoms with Crippen LogP contribution in [-0.4, -0.2) is 22.8 Å². The molecule has 3 aromatic rings. The van der Waals surface area contributed by atoms with Gasteiger partial charge in [0.2, 0.25) is 12.7 Å². The standard InChI is InChI=1S/C21H18N2O4/c1-2-14-4-3-5-15-9-16-11-23(21(24)27-20(16)22-19(14)15)10-13-6-7-17-18(8-13)26-12-25-17/h3-9H,2,10-12H2,1H3. The van der Waals surface area contributed by atoms with Gasteiger partial charge in [-0.15, -0.1) is 0 Å². The lowest BCUT2D eigenvalue weighted by Crippen LogP contribution is -2.36. The quantitative estimate of drug-likeness (QED) is 0.704. The number of carbonyl (C=O) groups is 1. The Morgan fingerprint density at radius 3 is 2.89 bits per heavy atom. The van der Waals surface area contributed by atoms with Gasteiger partial charge in [0.25, 0.3) is 0 Å². The Labute approximate surface area is 156 Å². The Morgan fingerprint density at radius 2 is 2.00 bits per heavy atom. The van der Waals surface area contributed by atoms with Gasteiger partial charge < -0.3 is 14.2 Å². The van der Waals surface area contributed by atoms with Crippen LogP contribution in [0.4, 0.5) is 4.79 Å². The van der Waals surface area contributed by atoms with Gasteiger partial charge in [0.1, 0.15) is 0 Å². The molecule has 5 rings (SSSR count). The average Bonchev–Trinajstić information content (AvgIpc) is 3.14. The van der Waals surface area contributed by atoms with Crippen LogP contribution >= 0.6 is 0 Å². The fraction of sp³-hybridized carbons (Fsp3) is 0.238. The summed E-state index contributed by atoms with van der Waals surface area (Å²) < 4.78 is 16.3. The molecule has 3 heterocycles. The molecule has 2 aliphatic rings. The van der Waals surface area contributed by atoms with Crippen molar-refractivity contribution in [1.82, 2.24) is 9.88 Å². The maximum absolute atomic E-state index is 12.5. The largest absolute Gasteiger partial charge is 0.454 e. The highest BCUT2D eigenvalue weighted by molar-refractivity contribution is 5.84. The molecule has 0 bridgehead atoms. The molecule has 6 nitrogen and oxygen atoms in total. The van der Waals surface area contributed by atoms with Crippen molar-refractivity contribution in [3.05, 3.63) is 59.2 Å². The van der Waals surface area contributed by atoms with E-state index in [1.54, 1.807) is 4.90 Å². The number of hydrogen-bond donors (Lipinski definition) is 0. The lowest BCUT2D eigenvalue weighted by molar-refractivity contribution is 0.133. The lowest BCUT2D eigenvalue weighted by atomic mass is 10.1. The normalized spacial score (nSPS) is 15.0. The number of rotatable bonds is 3. The highest BCUT2D eigenvalue weighted by Gasteiger charge is 2.27. The summed E-state index contributed by atoms with van der Waals surface area (Å²) in [6.07, 6.45) is 0.494. The molecule has 2 aliphatic heterocycles. The summed E-state index contributed by atoms with van der Waals surface area (Å²) in [7, 11) is 0. The van der Waals surface area contributed by atoms with Gasteiger partial charge in [0.15, 0.2) is 11.5 Å². The molecular formula is C21H18N2O4. The summed E-state index contributed by atoms with van der Waals surface area (Å²) in [5, 5.41) is 1.06. The van der Waals surface area contributed by atoms with Crippen LogP contribution in [0.1, 0.15) is 23.6 Å². The van der Waals surface area contributed by atoms with Gasteiger partial charge in [-0.05, 0) is 35.7 Å². The molecule has 6 heteroatoms. The first-order chi connectivity index (χ1) is 13.2. The van der Waals surface area contributed by atoms with Gasteiger partial charge in [-0.2, -0.15) is 0 Å². The Morgan fingerprint density at radius 1 is 1.11 bits per heavy atom. The molecule has 0 radical (unpaired) electrons. The molecule has 0 N–H and O–H groups in total. The van der Waals surface area contributed by atoms with Gasteiger partial charge in [0, 0.05) is 17.5 Å². The average molecular weight is 362 g/mol. The summed E-state index contributed by atoms with van der Waals surface area (Å²) in [5.41, 5.74) is 3.92. The molecule has 0 saturated heterocycles. The molecule has 1 amide bonds. The molecule has 27 heavy (non-hydrogen) atoms. The minimum Gasteiger partial charge on any atom is -0.454 e. The minimum absolute atomic E-state index is 0.233. The summed E-state index contributed by atoms with van der Waals surface area (Å²) in [6.45, 7) is 3.22. The van der Waals surface area contributed by atoms with E-state index in [0.717, 1.165) is 39.8 Å². The van der Waals surface area contributed by atoms with Gasteiger partial charge in [-0.1, -0.05) is 31.2 Å². The summed E-state index contributed by atoms with van der Waals surface area (Å²) >= 11 is 0. The third-order valence-electron chi connectivity index (χ3n) is 4.96. The molecule has 0 aliphatic carbocycles. The third-order valence-corrected chi connectivity index (χ3v) is 4.96. The second-order valence-electron chi connectivity index (χ2n) is 6.71. The van der Waals surface area contributed by atoms with E-state index in [2.05, 4.69) is 24.0 Å². The van der Waals surface area contributed by atoms with Crippen molar-refractivity contribution >= 4 is 17.0 Å². The van der Waals surface area contributed by atoms with E-state index >= 15 is 0 Å². The Bertz CT molecular complexity index is 1060. The number of hydrogen-bond acceptors (Lipinski definition) is 5. The van der Waals surface area contributed by atoms with Crippen LogP contribution in [0.5, 0.6) is 17.4 Å². The van der Waals surface area contributed by atoms with Crippen molar-refractivity contribution in [1.29, 1.82) is 0 Å². The first-order valence-corrected chi connectivity index (χ1v) is 8.98. The topological polar surface area (TPSA) is 60.9 Å². The summed E-state index contributed by atoms with van der Waals surface area (Å²) in [5.74, 6) is 1.85. The van der Waals surface area contributed by atoms with Crippen molar-refractivity contribution in [2.24, 2.45) is 0 Å². The van der Waals surface area contributed by atoms with Gasteiger partial charge in [0.05, 0.1) is 12.1 Å². The van der Waals surface area contributed by atoms with E-state index in [4.69, 9.17) is 14.2 Å². The number of aryl methyl sites for hydroxylation is 1. The van der Waals surface area contributed by atoms with Crippen LogP contribution in [-0.2, 0) is 19.5 Å². The van der Waals surface area contributed by atoms with E-state index < -0.39 is 0 Å². The Kier molecular flexibility index (Phi) is 3.63. The predicted octanol–water partition coefficient (Wildman–Crippen LogP) is 4.04. The lowest BCUT2D eigenvalue weighted by Gasteiger charge is -2.27. The molecule has 2 aromatic carbocycles. The SMILES string of the molecule is CCc1cccc2cc3c(nc12)OC(=O)N(Cc1ccc2c(c1)OCO2)C3. The zero-order valence-electron chi connectivity index (χ0n) is 14.9. The number of fused-ring (bicyclic) bond motifs is 3. The van der Waals surface area contributed by atoms with Crippen molar-refractivity contribution < 1.29 is 19.0 Å². The molecule has 0 atom stereocenters. The number of pyridine rings is 1. The van der Waals surface area contributed by atoms with E-state index in [0.29, 0.717) is 24.7 Å². The van der Waals surface area contributed by atoms with Crippen molar-refractivity contribution in [2.75, 3.05) is 6.79 Å². The Balaban J connectivity index is 1.45. The van der Waals surface area contributed by atoms with Crippen LogP contribution in [0.25, 0.3) is 10.9 Å². The third kappa shape index (κ3) is 2.73. The monoisotopic (exact) mass is 362 g/mol. The fourth-order valence-corrected chi connectivity index (χ4v) is 3.57. The summed E-state index contributed by atoms with van der Waals surface area (Å²) in [6, 6.07) is 13.9. The summed E-state index contributed by atoms with van der Waals surface area (Å²) in [4.78, 5) is 18.8. The molecular weight excluding hydrogens is 344 g/mol. The number of carbonyl (C=O) groups excluding carboxylic acids is 1. The zero-order valence-corrected chi connectivity index (χ0v) is 14.9. The number of amides is 1. The van der Waals surface area contributed by atoms with Crippen molar-refractivity contribution in [3.63, 3.8) is 0 Å². The van der Waals surface area contributed by atoms with E-state index in [1.807, 2.05) is 30.3 Å². The van der Waals surface area contributed by atoms with E-state index in [9.17, 15) is 4.79 Å². The maximum Gasteiger partial charge on any atom is 0.417 e. The van der Waals surface area contributed by atoms with Crippen LogP contribution in [0, 0.1) is 0 Å². The number of ether oxygens (including phenoxy) is 3. The predicted molar refractivity (Wildman–Crippen MR) is 99.0 cm³/mol. The highest BCUT2D eigenvalue weighted by Crippen LogP contribution is 2.34. The van der Waals surface area contributed by atoms with Gasteiger partial charge >= 0.3 is 6.09 Å². The smallest absolute Gasteiger partial charge is 0.417 e. The zero-order chi connectivity index (χ0) is 18.4. The van der Waals surface area contributed by atoms with Crippen LogP contribution in [0.15, 0.2) is 42.5 Å². The van der Waals surface area contributed by atoms with Crippen LogP contribution in [0.3, 0.4) is 0 Å². The first-order valence-electron chi connectivity index (χ1n) is 8.98. The maximum atomic E-state index is 12.5. The molecule has 1 aromatic heterocycles. The second kappa shape index (κ2) is 6.16. The molecule has 136 valence electrons. The first kappa shape index (κ1) is 15.9. The fourth-order valence-electron chi connectivity index (χ4n) is 3.57. The van der Waals surface area contributed by atoms with Gasteiger partial charge in [-0.3, -0.25) is 4.90 Å². The van der Waals surface area contributed by atoms with E-state index in [1.165, 1.54) is 0 Å². The number of aromatic nitrogens is 1. The number of benzene rings is 2.